The van der Waals surface area contributed by atoms with Gasteiger partial charge in [0.25, 0.3) is 0 Å². The van der Waals surface area contributed by atoms with Crippen molar-refractivity contribution < 1.29 is 18.9 Å². The number of aromatic nitrogens is 1. The summed E-state index contributed by atoms with van der Waals surface area (Å²) in [6.07, 6.45) is 5.06. The number of aromatic amines is 1. The van der Waals surface area contributed by atoms with Gasteiger partial charge in [0.05, 0.1) is 0 Å². The Bertz CT molecular complexity index is 1210. The lowest BCUT2D eigenvalue weighted by molar-refractivity contribution is -0.137. The van der Waals surface area contributed by atoms with Crippen LogP contribution >= 0.6 is 11.6 Å². The maximum atomic E-state index is 13.6. The number of benzene rings is 2. The molecule has 0 spiro atoms. The Balaban J connectivity index is 1.51. The van der Waals surface area contributed by atoms with E-state index in [1.807, 2.05) is 42.5 Å². The van der Waals surface area contributed by atoms with Crippen LogP contribution in [0.4, 0.5) is 0 Å². The lowest BCUT2D eigenvalue weighted by Crippen LogP contribution is -2.45. The number of nitrogens with zero attached hydrogens (tertiary/aromatic N) is 2. The fraction of sp³-hybridized carbons (Fsp3) is 0.385. The molecule has 0 radical (unpaired) electrons. The van der Waals surface area contributed by atoms with E-state index in [4.69, 9.17) is 16.7 Å². The van der Waals surface area contributed by atoms with Gasteiger partial charge in [-0.15, -0.1) is 0 Å². The number of amides is 1. The number of likely N-dealkylation sites (tertiary alicyclic amines) is 1. The zero-order chi connectivity index (χ0) is 24.8. The maximum Gasteiger partial charge on any atom is 0.303 e. The first-order valence-electron chi connectivity index (χ1n) is 11.8. The van der Waals surface area contributed by atoms with Gasteiger partial charge < -0.3 is 19.7 Å². The van der Waals surface area contributed by atoms with Gasteiger partial charge in [-0.05, 0) is 78.5 Å². The van der Waals surface area contributed by atoms with Crippen molar-refractivity contribution in [2.24, 2.45) is 5.92 Å². The molecular weight excluding hydrogens is 486 g/mol. The zero-order valence-corrected chi connectivity index (χ0v) is 20.9. The van der Waals surface area contributed by atoms with Crippen LogP contribution in [0.2, 0.25) is 5.02 Å². The monoisotopic (exact) mass is 514 g/mol. The summed E-state index contributed by atoms with van der Waals surface area (Å²) < 4.78 is 17.9. The number of aliphatic carboxylic acids is 1. The number of hydrogen-bond acceptors (Lipinski definition) is 3. The van der Waals surface area contributed by atoms with Gasteiger partial charge in [0.1, 0.15) is 0 Å². The van der Waals surface area contributed by atoms with Gasteiger partial charge in [0.2, 0.25) is 5.91 Å². The summed E-state index contributed by atoms with van der Waals surface area (Å²) in [7, 11) is -1.73. The third-order valence-electron chi connectivity index (χ3n) is 6.49. The number of carbonyl (C=O) groups excluding carboxylic acids is 1. The van der Waals surface area contributed by atoms with Crippen molar-refractivity contribution in [1.29, 1.82) is 0 Å². The highest BCUT2D eigenvalue weighted by Gasteiger charge is 2.26. The molecule has 186 valence electrons. The Morgan fingerprint density at radius 1 is 1.20 bits per heavy atom. The third-order valence-corrected chi connectivity index (χ3v) is 8.04. The minimum atomic E-state index is -1.73. The number of fused-ring (bicyclic) bond motifs is 1. The molecule has 3 atom stereocenters. The lowest BCUT2D eigenvalue weighted by atomic mass is 9.92. The topological polar surface area (TPSA) is 105 Å². The Hall–Kier alpha value is -2.68. The largest absolute Gasteiger partial charge is 0.561 e. The summed E-state index contributed by atoms with van der Waals surface area (Å²) in [5, 5.41) is 10.5. The van der Waals surface area contributed by atoms with Crippen molar-refractivity contribution in [3.63, 3.8) is 0 Å². The summed E-state index contributed by atoms with van der Waals surface area (Å²) in [5.41, 5.74) is 1.78. The normalized spacial score (nSPS) is 17.9. The third kappa shape index (κ3) is 6.51. The number of piperidine rings is 1. The van der Waals surface area contributed by atoms with Gasteiger partial charge in [-0.1, -0.05) is 42.3 Å². The number of aryl methyl sites for hydroxylation is 1. The van der Waals surface area contributed by atoms with E-state index in [0.717, 1.165) is 29.3 Å². The molecule has 2 aromatic carbocycles. The van der Waals surface area contributed by atoms with Gasteiger partial charge >= 0.3 is 5.97 Å². The zero-order valence-electron chi connectivity index (χ0n) is 19.4. The van der Waals surface area contributed by atoms with Crippen LogP contribution in [0.25, 0.3) is 15.6 Å². The van der Waals surface area contributed by atoms with E-state index in [9.17, 15) is 13.8 Å². The van der Waals surface area contributed by atoms with Crippen molar-refractivity contribution in [3.05, 3.63) is 70.0 Å². The van der Waals surface area contributed by atoms with Crippen LogP contribution in [0, 0.1) is 5.92 Å². The molecule has 7 nitrogen and oxygen atoms in total. The highest BCUT2D eigenvalue weighted by atomic mass is 35.5. The van der Waals surface area contributed by atoms with E-state index >= 15 is 0 Å². The average Bonchev–Trinajstić information content (AvgIpc) is 3.35. The SMILES string of the molecule is O=C(O)CCC1CCCN(C(=O)C(CCc2ccccc2Cl)[N-]S(=O)c2cccc3[nH]ccc23)C1. The Morgan fingerprint density at radius 2 is 2.03 bits per heavy atom. The van der Waals surface area contributed by atoms with Crippen molar-refractivity contribution >= 4 is 45.4 Å². The predicted molar refractivity (Wildman–Crippen MR) is 138 cm³/mol. The molecule has 4 rings (SSSR count). The van der Waals surface area contributed by atoms with E-state index < -0.39 is 23.0 Å². The molecule has 1 saturated heterocycles. The quantitative estimate of drug-likeness (QED) is 0.382. The van der Waals surface area contributed by atoms with Crippen LogP contribution in [0.15, 0.2) is 59.6 Å². The molecule has 3 aromatic rings. The van der Waals surface area contributed by atoms with E-state index in [1.165, 1.54) is 0 Å². The molecule has 0 saturated carbocycles. The molecule has 0 aliphatic carbocycles. The molecule has 2 heterocycles. The van der Waals surface area contributed by atoms with E-state index in [0.29, 0.717) is 42.3 Å². The number of halogens is 1. The highest BCUT2D eigenvalue weighted by molar-refractivity contribution is 7.88. The number of H-pyrrole nitrogens is 1. The van der Waals surface area contributed by atoms with Crippen molar-refractivity contribution in [1.82, 2.24) is 9.88 Å². The van der Waals surface area contributed by atoms with Crippen LogP contribution in [0.3, 0.4) is 0 Å². The van der Waals surface area contributed by atoms with E-state index in [2.05, 4.69) is 9.71 Å². The van der Waals surface area contributed by atoms with Crippen molar-refractivity contribution in [2.45, 2.75) is 49.5 Å². The van der Waals surface area contributed by atoms with E-state index in [-0.39, 0.29) is 18.2 Å². The fourth-order valence-electron chi connectivity index (χ4n) is 4.64. The highest BCUT2D eigenvalue weighted by Crippen LogP contribution is 2.29. The van der Waals surface area contributed by atoms with Crippen LogP contribution in [-0.2, 0) is 27.0 Å². The maximum absolute atomic E-state index is 13.6. The molecule has 1 aromatic heterocycles. The number of carbonyl (C=O) groups is 2. The van der Waals surface area contributed by atoms with Crippen LogP contribution in [-0.4, -0.2) is 50.2 Å². The van der Waals surface area contributed by atoms with E-state index in [1.54, 1.807) is 17.2 Å². The second-order valence-corrected chi connectivity index (χ2v) is 10.5. The summed E-state index contributed by atoms with van der Waals surface area (Å²) in [6.45, 7) is 1.10. The number of hydrogen-bond donors (Lipinski definition) is 2. The smallest absolute Gasteiger partial charge is 0.303 e. The van der Waals surface area contributed by atoms with Gasteiger partial charge in [-0.3, -0.25) is 13.8 Å². The van der Waals surface area contributed by atoms with Gasteiger partial charge in [-0.2, -0.15) is 0 Å². The molecular formula is C26H29ClN3O4S-. The summed E-state index contributed by atoms with van der Waals surface area (Å²) in [6, 6.07) is 14.1. The average molecular weight is 515 g/mol. The molecule has 1 fully saturated rings. The Labute approximate surface area is 212 Å². The van der Waals surface area contributed by atoms with Gasteiger partial charge in [0.15, 0.2) is 0 Å². The van der Waals surface area contributed by atoms with Crippen molar-refractivity contribution in [3.8, 4) is 0 Å². The van der Waals surface area contributed by atoms with Gasteiger partial charge in [-0.25, -0.2) is 0 Å². The number of rotatable bonds is 10. The summed E-state index contributed by atoms with van der Waals surface area (Å²) >= 11 is 6.33. The molecule has 1 aliphatic rings. The Morgan fingerprint density at radius 3 is 2.83 bits per heavy atom. The molecule has 1 aliphatic heterocycles. The summed E-state index contributed by atoms with van der Waals surface area (Å²) in [5.74, 6) is -0.839. The molecule has 2 N–H and O–H groups in total. The first kappa shape index (κ1) is 25.4. The number of nitrogens with one attached hydrogen (secondary N) is 1. The lowest BCUT2D eigenvalue weighted by Gasteiger charge is -2.39. The molecule has 0 bridgehead atoms. The number of carboxylic acid groups (broad SMARTS) is 1. The second kappa shape index (κ2) is 11.8. The summed E-state index contributed by atoms with van der Waals surface area (Å²) in [4.78, 5) is 30.1. The molecule has 3 unspecified atom stereocenters. The first-order valence-corrected chi connectivity index (χ1v) is 13.3. The predicted octanol–water partition coefficient (Wildman–Crippen LogP) is 5.32. The Kier molecular flexibility index (Phi) is 8.59. The standard InChI is InChI=1S/C26H29ClN3O4S/c27-21-7-2-1-6-19(21)11-12-23(26(33)30-16-4-5-18(17-30)10-13-25(31)32)29-35(34)24-9-3-8-22-20(24)14-15-28-22/h1-3,6-9,14-15,18,23,28H,4-5,10-13,16-17H2,(H,31,32)/q-1. The second-order valence-electron chi connectivity index (χ2n) is 8.92. The molecule has 9 heteroatoms. The fourth-order valence-corrected chi connectivity index (χ4v) is 5.97. The number of carboxylic acids is 1. The van der Waals surface area contributed by atoms with Crippen molar-refractivity contribution in [2.75, 3.05) is 13.1 Å². The van der Waals surface area contributed by atoms with Crippen LogP contribution < -0.4 is 0 Å². The molecule has 35 heavy (non-hydrogen) atoms. The van der Waals surface area contributed by atoms with Crippen LogP contribution in [0.5, 0.6) is 0 Å². The minimum absolute atomic E-state index is 0.0949. The van der Waals surface area contributed by atoms with Gasteiger partial charge in [0, 0.05) is 46.5 Å². The molecule has 1 amide bonds. The minimum Gasteiger partial charge on any atom is -0.561 e. The first-order chi connectivity index (χ1) is 16.9. The van der Waals surface area contributed by atoms with Crippen LogP contribution in [0.1, 0.15) is 37.7 Å².